The summed E-state index contributed by atoms with van der Waals surface area (Å²) in [5.74, 6) is 1.45. The molecule has 0 fully saturated rings. The molecule has 0 amide bonds. The molecule has 0 atom stereocenters. The Morgan fingerprint density at radius 1 is 1.21 bits per heavy atom. The number of carbonyl (C=O) groups excluding carboxylic acids is 1. The molecular formula is C21H23N3O4. The number of nitro groups is 1. The van der Waals surface area contributed by atoms with Crippen LogP contribution in [0.2, 0.25) is 0 Å². The maximum Gasteiger partial charge on any atom is 0.270 e. The van der Waals surface area contributed by atoms with Gasteiger partial charge in [0.15, 0.2) is 5.78 Å². The van der Waals surface area contributed by atoms with Gasteiger partial charge >= 0.3 is 0 Å². The first-order chi connectivity index (χ1) is 13.6. The van der Waals surface area contributed by atoms with Gasteiger partial charge in [-0.1, -0.05) is 12.1 Å². The number of amidine groups is 1. The third-order valence-electron chi connectivity index (χ3n) is 4.55. The molecule has 7 nitrogen and oxygen atoms in total. The number of benzene rings is 2. The van der Waals surface area contributed by atoms with Crippen LogP contribution in [0.4, 0.5) is 11.4 Å². The second-order valence-electron chi connectivity index (χ2n) is 6.50. The van der Waals surface area contributed by atoms with Crippen LogP contribution in [0, 0.1) is 10.1 Å². The standard InChI is InChI=1S/C21H23N3O4/c1-2-28-19-11-9-17(10-12-19)23(21-8-3-4-13-22-21)15-20(25)16-6-5-7-18(14-16)24(26)27/h5-7,9-12,14H,2-4,8,13,15H2,1H3. The van der Waals surface area contributed by atoms with Crippen molar-refractivity contribution in [2.45, 2.75) is 26.2 Å². The van der Waals surface area contributed by atoms with Gasteiger partial charge in [0, 0.05) is 36.3 Å². The fraction of sp³-hybridized carbons (Fsp3) is 0.333. The third-order valence-corrected chi connectivity index (χ3v) is 4.55. The highest BCUT2D eigenvalue weighted by Crippen LogP contribution is 2.23. The number of anilines is 1. The minimum atomic E-state index is -0.494. The number of hydrogen-bond donors (Lipinski definition) is 0. The minimum Gasteiger partial charge on any atom is -0.494 e. The number of ether oxygens (including phenoxy) is 1. The molecule has 146 valence electrons. The Hall–Kier alpha value is -3.22. The maximum absolute atomic E-state index is 12.9. The van der Waals surface area contributed by atoms with E-state index in [1.807, 2.05) is 36.1 Å². The van der Waals surface area contributed by atoms with Crippen molar-refractivity contribution >= 4 is 23.0 Å². The van der Waals surface area contributed by atoms with Crippen LogP contribution < -0.4 is 9.64 Å². The Balaban J connectivity index is 1.86. The zero-order valence-electron chi connectivity index (χ0n) is 15.8. The Kier molecular flexibility index (Phi) is 6.37. The molecule has 1 aliphatic rings. The molecule has 1 aliphatic heterocycles. The number of Topliss-reactive ketones (excluding diaryl/α,β-unsaturated/α-hetero) is 1. The largest absolute Gasteiger partial charge is 0.494 e. The fourth-order valence-electron chi connectivity index (χ4n) is 3.15. The Labute approximate surface area is 163 Å². The lowest BCUT2D eigenvalue weighted by Crippen LogP contribution is -2.37. The van der Waals surface area contributed by atoms with Gasteiger partial charge < -0.3 is 9.64 Å². The molecule has 0 aromatic heterocycles. The van der Waals surface area contributed by atoms with E-state index in [9.17, 15) is 14.9 Å². The highest BCUT2D eigenvalue weighted by atomic mass is 16.6. The third kappa shape index (κ3) is 4.73. The number of rotatable bonds is 7. The maximum atomic E-state index is 12.9. The van der Waals surface area contributed by atoms with Gasteiger partial charge in [-0.15, -0.1) is 0 Å². The molecule has 7 heteroatoms. The van der Waals surface area contributed by atoms with Crippen LogP contribution in [0.15, 0.2) is 53.5 Å². The number of hydrogen-bond acceptors (Lipinski definition) is 6. The van der Waals surface area contributed by atoms with E-state index in [0.29, 0.717) is 12.2 Å². The molecule has 28 heavy (non-hydrogen) atoms. The molecular weight excluding hydrogens is 358 g/mol. The first-order valence-electron chi connectivity index (χ1n) is 9.40. The van der Waals surface area contributed by atoms with Crippen LogP contribution in [0.1, 0.15) is 36.5 Å². The van der Waals surface area contributed by atoms with Crippen LogP contribution in [0.5, 0.6) is 5.75 Å². The van der Waals surface area contributed by atoms with Gasteiger partial charge in [-0.2, -0.15) is 0 Å². The topological polar surface area (TPSA) is 85.0 Å². The quantitative estimate of drug-likeness (QED) is 0.406. The van der Waals surface area contributed by atoms with E-state index >= 15 is 0 Å². The van der Waals surface area contributed by atoms with Crippen molar-refractivity contribution in [3.05, 3.63) is 64.2 Å². The summed E-state index contributed by atoms with van der Waals surface area (Å²) in [7, 11) is 0. The number of ketones is 1. The van der Waals surface area contributed by atoms with Gasteiger partial charge in [0.05, 0.1) is 18.1 Å². The number of aliphatic imine (C=N–C) groups is 1. The SMILES string of the molecule is CCOc1ccc(N(CC(=O)c2cccc([N+](=O)[O-])c2)C2=NCCCC2)cc1. The van der Waals surface area contributed by atoms with Crippen LogP contribution in [0.3, 0.4) is 0 Å². The number of nitrogens with zero attached hydrogens (tertiary/aromatic N) is 3. The summed E-state index contributed by atoms with van der Waals surface area (Å²) in [5.41, 5.74) is 1.08. The zero-order chi connectivity index (χ0) is 19.9. The summed E-state index contributed by atoms with van der Waals surface area (Å²) in [5, 5.41) is 11.0. The van der Waals surface area contributed by atoms with Gasteiger partial charge in [0.2, 0.25) is 0 Å². The Morgan fingerprint density at radius 2 is 2.00 bits per heavy atom. The second-order valence-corrected chi connectivity index (χ2v) is 6.50. The molecule has 0 spiro atoms. The highest BCUT2D eigenvalue weighted by molar-refractivity contribution is 6.07. The first kappa shape index (κ1) is 19.5. The fourth-order valence-corrected chi connectivity index (χ4v) is 3.15. The summed E-state index contributed by atoms with van der Waals surface area (Å²) >= 11 is 0. The van der Waals surface area contributed by atoms with Crippen molar-refractivity contribution < 1.29 is 14.5 Å². The summed E-state index contributed by atoms with van der Waals surface area (Å²) < 4.78 is 5.49. The van der Waals surface area contributed by atoms with Crippen LogP contribution in [-0.2, 0) is 0 Å². The zero-order valence-corrected chi connectivity index (χ0v) is 15.8. The van der Waals surface area contributed by atoms with Crippen molar-refractivity contribution in [2.24, 2.45) is 4.99 Å². The number of nitro benzene ring substituents is 1. The van der Waals surface area contributed by atoms with Gasteiger partial charge in [0.1, 0.15) is 11.6 Å². The molecule has 0 N–H and O–H groups in total. The lowest BCUT2D eigenvalue weighted by Gasteiger charge is -2.28. The lowest BCUT2D eigenvalue weighted by molar-refractivity contribution is -0.384. The minimum absolute atomic E-state index is 0.0774. The summed E-state index contributed by atoms with van der Waals surface area (Å²) in [6.45, 7) is 3.33. The molecule has 0 saturated carbocycles. The average molecular weight is 381 g/mol. The molecule has 2 aromatic carbocycles. The highest BCUT2D eigenvalue weighted by Gasteiger charge is 2.21. The molecule has 0 bridgehead atoms. The predicted octanol–water partition coefficient (Wildman–Crippen LogP) is 4.27. The van der Waals surface area contributed by atoms with E-state index < -0.39 is 4.92 Å². The van der Waals surface area contributed by atoms with Crippen molar-refractivity contribution in [1.82, 2.24) is 0 Å². The van der Waals surface area contributed by atoms with Crippen LogP contribution in [-0.4, -0.2) is 36.2 Å². The number of non-ortho nitro benzene ring substituents is 1. The molecule has 1 heterocycles. The Morgan fingerprint density at radius 3 is 2.64 bits per heavy atom. The molecule has 0 saturated heterocycles. The van der Waals surface area contributed by atoms with E-state index in [4.69, 9.17) is 4.74 Å². The van der Waals surface area contributed by atoms with Crippen molar-refractivity contribution in [2.75, 3.05) is 24.6 Å². The lowest BCUT2D eigenvalue weighted by atomic mass is 10.1. The van der Waals surface area contributed by atoms with E-state index in [0.717, 1.165) is 43.1 Å². The van der Waals surface area contributed by atoms with Crippen molar-refractivity contribution in [3.63, 3.8) is 0 Å². The van der Waals surface area contributed by atoms with Crippen molar-refractivity contribution in [1.29, 1.82) is 0 Å². The van der Waals surface area contributed by atoms with E-state index in [2.05, 4.69) is 4.99 Å². The van der Waals surface area contributed by atoms with Gasteiger partial charge in [-0.3, -0.25) is 19.9 Å². The summed E-state index contributed by atoms with van der Waals surface area (Å²) in [6.07, 6.45) is 2.87. The average Bonchev–Trinajstić information content (AvgIpc) is 2.73. The van der Waals surface area contributed by atoms with E-state index in [-0.39, 0.29) is 18.0 Å². The summed E-state index contributed by atoms with van der Waals surface area (Å²) in [6, 6.07) is 13.4. The predicted molar refractivity (Wildman–Crippen MR) is 109 cm³/mol. The molecule has 0 radical (unpaired) electrons. The van der Waals surface area contributed by atoms with Gasteiger partial charge in [0.25, 0.3) is 5.69 Å². The molecule has 3 rings (SSSR count). The Bertz CT molecular complexity index is 877. The van der Waals surface area contributed by atoms with Crippen LogP contribution in [0.25, 0.3) is 0 Å². The smallest absolute Gasteiger partial charge is 0.270 e. The molecule has 0 aliphatic carbocycles. The van der Waals surface area contributed by atoms with E-state index in [1.165, 1.54) is 18.2 Å². The summed E-state index contributed by atoms with van der Waals surface area (Å²) in [4.78, 5) is 29.9. The van der Waals surface area contributed by atoms with E-state index in [1.54, 1.807) is 6.07 Å². The van der Waals surface area contributed by atoms with Crippen molar-refractivity contribution in [3.8, 4) is 5.75 Å². The molecule has 2 aromatic rings. The number of carbonyl (C=O) groups is 1. The normalized spacial score (nSPS) is 13.5. The van der Waals surface area contributed by atoms with Gasteiger partial charge in [-0.25, -0.2) is 0 Å². The monoisotopic (exact) mass is 381 g/mol. The first-order valence-corrected chi connectivity index (χ1v) is 9.40. The van der Waals surface area contributed by atoms with Crippen LogP contribution >= 0.6 is 0 Å². The molecule has 0 unspecified atom stereocenters. The van der Waals surface area contributed by atoms with Gasteiger partial charge in [-0.05, 0) is 44.0 Å². The second kappa shape index (κ2) is 9.12.